The van der Waals surface area contributed by atoms with Crippen LogP contribution in [-0.2, 0) is 26.5 Å². The van der Waals surface area contributed by atoms with Gasteiger partial charge in [-0.1, -0.05) is 46.3 Å². The van der Waals surface area contributed by atoms with Crippen LogP contribution >= 0.6 is 15.9 Å². The quantitative estimate of drug-likeness (QED) is 0.828. The molecule has 0 unspecified atom stereocenters. The number of hydrogen-bond donors (Lipinski definition) is 0. The highest BCUT2D eigenvalue weighted by Crippen LogP contribution is 2.46. The van der Waals surface area contributed by atoms with Crippen LogP contribution in [0.3, 0.4) is 0 Å². The summed E-state index contributed by atoms with van der Waals surface area (Å²) in [5.41, 5.74) is 2.87. The van der Waals surface area contributed by atoms with Crippen LogP contribution < -0.4 is 4.90 Å². The predicted octanol–water partition coefficient (Wildman–Crippen LogP) is 3.24. The van der Waals surface area contributed by atoms with Gasteiger partial charge in [0.15, 0.2) is 0 Å². The molecule has 0 atom stereocenters. The molecule has 2 heterocycles. The van der Waals surface area contributed by atoms with Crippen LogP contribution in [-0.4, -0.2) is 25.7 Å². The molecule has 1 fully saturated rings. The Kier molecular flexibility index (Phi) is 3.71. The van der Waals surface area contributed by atoms with E-state index >= 15 is 0 Å². The Labute approximate surface area is 143 Å². The molecule has 1 saturated heterocycles. The summed E-state index contributed by atoms with van der Waals surface area (Å²) in [4.78, 5) is 14.8. The summed E-state index contributed by atoms with van der Waals surface area (Å²) in [6.07, 6.45) is 0.790. The summed E-state index contributed by atoms with van der Waals surface area (Å²) >= 11 is 3.47. The molecule has 2 aromatic rings. The van der Waals surface area contributed by atoms with Gasteiger partial charge in [0.2, 0.25) is 0 Å². The van der Waals surface area contributed by atoms with Gasteiger partial charge in [-0.3, -0.25) is 4.79 Å². The number of nitrogens with zero attached hydrogens (tertiary/aromatic N) is 1. The second-order valence-corrected chi connectivity index (χ2v) is 6.58. The van der Waals surface area contributed by atoms with Crippen molar-refractivity contribution in [3.05, 3.63) is 64.1 Å². The van der Waals surface area contributed by atoms with E-state index in [1.165, 1.54) is 5.56 Å². The zero-order chi connectivity index (χ0) is 15.9. The first-order valence-electron chi connectivity index (χ1n) is 7.64. The molecule has 0 aliphatic carbocycles. The number of halogens is 1. The summed E-state index contributed by atoms with van der Waals surface area (Å²) in [6, 6.07) is 16.0. The van der Waals surface area contributed by atoms with Crippen molar-refractivity contribution >= 4 is 27.5 Å². The van der Waals surface area contributed by atoms with Crippen molar-refractivity contribution in [2.24, 2.45) is 0 Å². The van der Waals surface area contributed by atoms with Crippen molar-refractivity contribution in [2.45, 2.75) is 12.2 Å². The monoisotopic (exact) mass is 373 g/mol. The molecule has 118 valence electrons. The third kappa shape index (κ3) is 2.40. The molecule has 2 aromatic carbocycles. The van der Waals surface area contributed by atoms with Gasteiger partial charge < -0.3 is 14.4 Å². The molecule has 23 heavy (non-hydrogen) atoms. The Morgan fingerprint density at radius 3 is 2.57 bits per heavy atom. The molecular formula is C18H16BrNO3. The van der Waals surface area contributed by atoms with Crippen molar-refractivity contribution in [2.75, 3.05) is 24.7 Å². The van der Waals surface area contributed by atoms with Gasteiger partial charge in [0, 0.05) is 16.6 Å². The van der Waals surface area contributed by atoms with Crippen molar-refractivity contribution in [1.82, 2.24) is 0 Å². The lowest BCUT2D eigenvalue weighted by Gasteiger charge is -2.22. The Morgan fingerprint density at radius 2 is 1.83 bits per heavy atom. The second-order valence-electron chi connectivity index (χ2n) is 5.67. The fourth-order valence-corrected chi connectivity index (χ4v) is 3.57. The Balaban J connectivity index is 1.67. The molecule has 5 heteroatoms. The summed E-state index contributed by atoms with van der Waals surface area (Å²) in [5.74, 6) is -1.38. The number of amides is 1. The van der Waals surface area contributed by atoms with Crippen LogP contribution in [0.2, 0.25) is 0 Å². The Morgan fingerprint density at radius 1 is 1.09 bits per heavy atom. The standard InChI is InChI=1S/C18H16BrNO3/c19-14-6-7-16-15(12-14)18(22-10-11-23-18)17(21)20(16)9-8-13-4-2-1-3-5-13/h1-7,12H,8-11H2. The van der Waals surface area contributed by atoms with E-state index in [0.717, 1.165) is 22.1 Å². The molecule has 2 aliphatic rings. The number of hydrogen-bond acceptors (Lipinski definition) is 3. The highest BCUT2D eigenvalue weighted by Gasteiger charge is 2.55. The maximum Gasteiger partial charge on any atom is 0.292 e. The van der Waals surface area contributed by atoms with Crippen molar-refractivity contribution < 1.29 is 14.3 Å². The van der Waals surface area contributed by atoms with Gasteiger partial charge in [0.25, 0.3) is 11.7 Å². The summed E-state index contributed by atoms with van der Waals surface area (Å²) in [6.45, 7) is 1.47. The second kappa shape index (κ2) is 5.74. The third-order valence-electron chi connectivity index (χ3n) is 4.29. The number of fused-ring (bicyclic) bond motifs is 2. The van der Waals surface area contributed by atoms with Gasteiger partial charge in [-0.2, -0.15) is 0 Å². The third-order valence-corrected chi connectivity index (χ3v) is 4.78. The van der Waals surface area contributed by atoms with E-state index in [1.807, 2.05) is 36.4 Å². The van der Waals surface area contributed by atoms with Crippen LogP contribution in [0.4, 0.5) is 5.69 Å². The molecule has 4 nitrogen and oxygen atoms in total. The van der Waals surface area contributed by atoms with Gasteiger partial charge in [-0.05, 0) is 30.2 Å². The van der Waals surface area contributed by atoms with E-state index in [1.54, 1.807) is 4.90 Å². The first-order valence-corrected chi connectivity index (χ1v) is 8.44. The average Bonchev–Trinajstić information content (AvgIpc) is 3.14. The number of carbonyl (C=O) groups is 1. The maximum atomic E-state index is 13.0. The van der Waals surface area contributed by atoms with Gasteiger partial charge in [0.1, 0.15) is 0 Å². The normalized spacial score (nSPS) is 18.7. The highest BCUT2D eigenvalue weighted by atomic mass is 79.9. The Hall–Kier alpha value is -1.69. The smallest absolute Gasteiger partial charge is 0.292 e. The molecular weight excluding hydrogens is 358 g/mol. The molecule has 2 aliphatic heterocycles. The van der Waals surface area contributed by atoms with Crippen molar-refractivity contribution in [3.8, 4) is 0 Å². The molecule has 0 aromatic heterocycles. The minimum Gasteiger partial charge on any atom is -0.336 e. The molecule has 1 amide bonds. The van der Waals surface area contributed by atoms with E-state index in [4.69, 9.17) is 9.47 Å². The topological polar surface area (TPSA) is 38.8 Å². The SMILES string of the molecule is O=C1N(CCc2ccccc2)c2ccc(Br)cc2C12OCCO2. The molecule has 0 bridgehead atoms. The van der Waals surface area contributed by atoms with Gasteiger partial charge >= 0.3 is 0 Å². The summed E-state index contributed by atoms with van der Waals surface area (Å²) in [7, 11) is 0. The number of anilines is 1. The zero-order valence-electron chi connectivity index (χ0n) is 12.5. The van der Waals surface area contributed by atoms with Crippen LogP contribution in [0.15, 0.2) is 53.0 Å². The van der Waals surface area contributed by atoms with Gasteiger partial charge in [-0.15, -0.1) is 0 Å². The van der Waals surface area contributed by atoms with Gasteiger partial charge in [0.05, 0.1) is 18.9 Å². The number of carbonyl (C=O) groups excluding carboxylic acids is 1. The van der Waals surface area contributed by atoms with E-state index in [9.17, 15) is 4.79 Å². The Bertz CT molecular complexity index is 741. The summed E-state index contributed by atoms with van der Waals surface area (Å²) in [5, 5.41) is 0. The first-order chi connectivity index (χ1) is 11.2. The van der Waals surface area contributed by atoms with Crippen molar-refractivity contribution in [3.63, 3.8) is 0 Å². The molecule has 4 rings (SSSR count). The van der Waals surface area contributed by atoms with Crippen LogP contribution in [0.5, 0.6) is 0 Å². The molecule has 0 N–H and O–H groups in total. The van der Waals surface area contributed by atoms with Crippen molar-refractivity contribution in [1.29, 1.82) is 0 Å². The molecule has 0 radical (unpaired) electrons. The summed E-state index contributed by atoms with van der Waals surface area (Å²) < 4.78 is 12.4. The minimum absolute atomic E-state index is 0.126. The zero-order valence-corrected chi connectivity index (χ0v) is 14.1. The predicted molar refractivity (Wildman–Crippen MR) is 90.2 cm³/mol. The van der Waals surface area contributed by atoms with E-state index in [-0.39, 0.29) is 5.91 Å². The lowest BCUT2D eigenvalue weighted by molar-refractivity contribution is -0.180. The van der Waals surface area contributed by atoms with Crippen LogP contribution in [0.1, 0.15) is 11.1 Å². The maximum absolute atomic E-state index is 13.0. The minimum atomic E-state index is -1.25. The van der Waals surface area contributed by atoms with Crippen LogP contribution in [0.25, 0.3) is 0 Å². The number of ether oxygens (including phenoxy) is 2. The number of benzene rings is 2. The highest BCUT2D eigenvalue weighted by molar-refractivity contribution is 9.10. The van der Waals surface area contributed by atoms with E-state index in [0.29, 0.717) is 19.8 Å². The lowest BCUT2D eigenvalue weighted by atomic mass is 10.1. The van der Waals surface area contributed by atoms with Gasteiger partial charge in [-0.25, -0.2) is 0 Å². The first kappa shape index (κ1) is 14.9. The largest absolute Gasteiger partial charge is 0.336 e. The van der Waals surface area contributed by atoms with E-state index < -0.39 is 5.79 Å². The number of rotatable bonds is 3. The fraction of sp³-hybridized carbons (Fsp3) is 0.278. The van der Waals surface area contributed by atoms with E-state index in [2.05, 4.69) is 28.1 Å². The fourth-order valence-electron chi connectivity index (χ4n) is 3.21. The average molecular weight is 374 g/mol. The molecule has 0 saturated carbocycles. The van der Waals surface area contributed by atoms with Crippen LogP contribution in [0, 0.1) is 0 Å². The lowest BCUT2D eigenvalue weighted by Crippen LogP contribution is -2.42. The molecule has 1 spiro atoms.